The van der Waals surface area contributed by atoms with Gasteiger partial charge in [-0.1, -0.05) is 47.1 Å². The summed E-state index contributed by atoms with van der Waals surface area (Å²) < 4.78 is 0. The number of hydrogen-bond donors (Lipinski definition) is 2. The summed E-state index contributed by atoms with van der Waals surface area (Å²) in [6.07, 6.45) is 17.2. The van der Waals surface area contributed by atoms with Crippen LogP contribution in [0.4, 0.5) is 0 Å². The minimum absolute atomic E-state index is 0.179. The third kappa shape index (κ3) is 25.1. The molecule has 0 aromatic rings. The summed E-state index contributed by atoms with van der Waals surface area (Å²) in [4.78, 5) is 22.7. The first-order valence-corrected chi connectivity index (χ1v) is 28.5. The first-order valence-electron chi connectivity index (χ1n) is 24.3. The van der Waals surface area contributed by atoms with Gasteiger partial charge in [-0.3, -0.25) is 4.79 Å². The van der Waals surface area contributed by atoms with Gasteiger partial charge in [0.15, 0.2) is 0 Å². The van der Waals surface area contributed by atoms with Crippen LogP contribution < -0.4 is 10.6 Å². The highest BCUT2D eigenvalue weighted by atomic mass is 32.2. The number of thioether (sulfide) groups is 4. The van der Waals surface area contributed by atoms with Crippen LogP contribution in [-0.4, -0.2) is 165 Å². The van der Waals surface area contributed by atoms with Crippen molar-refractivity contribution in [1.82, 2.24) is 30.2 Å². The lowest BCUT2D eigenvalue weighted by atomic mass is 9.78. The van der Waals surface area contributed by atoms with E-state index in [0.29, 0.717) is 23.0 Å². The van der Waals surface area contributed by atoms with Crippen molar-refractivity contribution in [2.45, 2.75) is 139 Å². The van der Waals surface area contributed by atoms with Crippen LogP contribution in [-0.2, 0) is 4.79 Å². The van der Waals surface area contributed by atoms with Crippen LogP contribution in [0.25, 0.3) is 0 Å². The third-order valence-electron chi connectivity index (χ3n) is 13.1. The van der Waals surface area contributed by atoms with Gasteiger partial charge in [-0.15, -0.1) is 0 Å². The second-order valence-corrected chi connectivity index (χ2v) is 25.6. The van der Waals surface area contributed by atoms with Gasteiger partial charge in [0.25, 0.3) is 0 Å². The zero-order valence-electron chi connectivity index (χ0n) is 41.3. The quantitative estimate of drug-likeness (QED) is 0.0611. The van der Waals surface area contributed by atoms with Crippen molar-refractivity contribution in [1.29, 1.82) is 0 Å². The molecule has 0 radical (unpaired) electrons. The molecule has 7 nitrogen and oxygen atoms in total. The number of allylic oxidation sites excluding steroid dienone is 1. The molecule has 2 aliphatic rings. The summed E-state index contributed by atoms with van der Waals surface area (Å²) in [6, 6.07) is 0. The fraction of sp³-hybridized carbons (Fsp3) is 0.939. The average Bonchev–Trinajstić information content (AvgIpc) is 3.18. The normalized spacial score (nSPS) is 23.6. The Kier molecular flexibility index (Phi) is 30.9. The highest BCUT2D eigenvalue weighted by Gasteiger charge is 2.35. The van der Waals surface area contributed by atoms with Crippen molar-refractivity contribution in [3.63, 3.8) is 0 Å². The van der Waals surface area contributed by atoms with E-state index >= 15 is 0 Å². The molecule has 60 heavy (non-hydrogen) atoms. The standard InChI is InChI=1S/C49H98N6OS4/c1-38(2)45(57-32-28-52(6)7)24-22-41-18-20-43(36-47(41)59-34-30-54(10)11)40(5)50-26-16-14-15-17-27-51-49(56)44-21-19-42(48(37-44)60-35-31-55(12)13)23-25-46(39(3)4)58-33-29-53(8)9/h38-39,41-48,50H,5,14-37H2,1-4,6-13H3,(H,51,56). The number of carbonyl (C=O) groups excluding carboxylic acids is 1. The van der Waals surface area contributed by atoms with Crippen LogP contribution in [0.3, 0.4) is 0 Å². The third-order valence-corrected chi connectivity index (χ3v) is 19.2. The summed E-state index contributed by atoms with van der Waals surface area (Å²) in [5.74, 6) is 8.93. The van der Waals surface area contributed by atoms with Gasteiger partial charge in [-0.2, -0.15) is 47.0 Å². The molecule has 8 atom stereocenters. The molecule has 2 rings (SSSR count). The van der Waals surface area contributed by atoms with Crippen molar-refractivity contribution >= 4 is 53.0 Å². The SMILES string of the molecule is C=C(NCCCCCCNC(=O)C1CCC(CCC(SCCN(C)C)C(C)C)C(SCCN(C)C)C1)C1CCC(CCC(SCCN(C)C)C(C)C)C(SCCN(C)C)C1. The van der Waals surface area contributed by atoms with E-state index in [4.69, 9.17) is 0 Å². The number of rotatable bonds is 34. The Morgan fingerprint density at radius 3 is 1.40 bits per heavy atom. The minimum Gasteiger partial charge on any atom is -0.389 e. The maximum Gasteiger partial charge on any atom is 0.223 e. The van der Waals surface area contributed by atoms with Crippen LogP contribution in [0.5, 0.6) is 0 Å². The Hall–Kier alpha value is 0.250. The highest BCUT2D eigenvalue weighted by Crippen LogP contribution is 2.43. The van der Waals surface area contributed by atoms with Crippen molar-refractivity contribution in [3.05, 3.63) is 12.3 Å². The monoisotopic (exact) mass is 915 g/mol. The first kappa shape index (κ1) is 56.4. The minimum atomic E-state index is 0.179. The van der Waals surface area contributed by atoms with E-state index < -0.39 is 0 Å². The Morgan fingerprint density at radius 2 is 0.967 bits per heavy atom. The molecule has 2 aliphatic carbocycles. The van der Waals surface area contributed by atoms with Gasteiger partial charge in [0.2, 0.25) is 5.91 Å². The van der Waals surface area contributed by atoms with E-state index in [1.807, 2.05) is 0 Å². The van der Waals surface area contributed by atoms with Crippen LogP contribution in [0.2, 0.25) is 0 Å². The van der Waals surface area contributed by atoms with E-state index in [0.717, 1.165) is 91.2 Å². The Bertz CT molecular complexity index is 1030. The highest BCUT2D eigenvalue weighted by molar-refractivity contribution is 8.00. The molecule has 0 saturated heterocycles. The Labute approximate surface area is 390 Å². The molecule has 0 aromatic carbocycles. The molecule has 0 spiro atoms. The lowest BCUT2D eigenvalue weighted by Gasteiger charge is -2.38. The number of nitrogens with zero attached hydrogens (tertiary/aromatic N) is 4. The summed E-state index contributed by atoms with van der Waals surface area (Å²) >= 11 is 8.77. The molecule has 1 amide bonds. The summed E-state index contributed by atoms with van der Waals surface area (Å²) in [5, 5.41) is 9.99. The van der Waals surface area contributed by atoms with Gasteiger partial charge < -0.3 is 30.2 Å². The van der Waals surface area contributed by atoms with Crippen LogP contribution >= 0.6 is 47.0 Å². The number of carbonyl (C=O) groups is 1. The lowest BCUT2D eigenvalue weighted by molar-refractivity contribution is -0.126. The first-order chi connectivity index (χ1) is 28.6. The molecule has 0 aliphatic heterocycles. The van der Waals surface area contributed by atoms with Crippen molar-refractivity contribution in [3.8, 4) is 0 Å². The topological polar surface area (TPSA) is 54.1 Å². The average molecular weight is 916 g/mol. The predicted molar refractivity (Wildman–Crippen MR) is 278 cm³/mol. The molecule has 354 valence electrons. The molecule has 2 N–H and O–H groups in total. The summed E-state index contributed by atoms with van der Waals surface area (Å²) in [6.45, 7) is 20.7. The van der Waals surface area contributed by atoms with Crippen molar-refractivity contribution < 1.29 is 4.79 Å². The van der Waals surface area contributed by atoms with Gasteiger partial charge in [0.1, 0.15) is 0 Å². The smallest absolute Gasteiger partial charge is 0.223 e. The Balaban J connectivity index is 1.73. The van der Waals surface area contributed by atoms with E-state index in [1.54, 1.807) is 0 Å². The largest absolute Gasteiger partial charge is 0.389 e. The van der Waals surface area contributed by atoms with E-state index in [2.05, 4.69) is 168 Å². The molecule has 0 bridgehead atoms. The fourth-order valence-electron chi connectivity index (χ4n) is 8.88. The second kappa shape index (κ2) is 32.8. The number of amides is 1. The van der Waals surface area contributed by atoms with Crippen LogP contribution in [0, 0.1) is 35.5 Å². The van der Waals surface area contributed by atoms with E-state index in [-0.39, 0.29) is 5.92 Å². The maximum absolute atomic E-state index is 13.4. The molecule has 2 saturated carbocycles. The van der Waals surface area contributed by atoms with E-state index in [1.165, 1.54) is 100 Å². The van der Waals surface area contributed by atoms with Gasteiger partial charge in [0.05, 0.1) is 0 Å². The van der Waals surface area contributed by atoms with Gasteiger partial charge in [0, 0.05) is 94.9 Å². The molecule has 8 unspecified atom stereocenters. The van der Waals surface area contributed by atoms with Gasteiger partial charge in [-0.05, 0) is 163 Å². The summed E-state index contributed by atoms with van der Waals surface area (Å²) in [7, 11) is 17.5. The van der Waals surface area contributed by atoms with Crippen LogP contribution in [0.15, 0.2) is 12.3 Å². The maximum atomic E-state index is 13.4. The molecule has 0 heterocycles. The van der Waals surface area contributed by atoms with Gasteiger partial charge in [-0.25, -0.2) is 0 Å². The second-order valence-electron chi connectivity index (χ2n) is 20.2. The molecular formula is C49H98N6OS4. The molecular weight excluding hydrogens is 817 g/mol. The lowest BCUT2D eigenvalue weighted by Crippen LogP contribution is -2.38. The van der Waals surface area contributed by atoms with E-state index in [9.17, 15) is 4.79 Å². The predicted octanol–water partition coefficient (Wildman–Crippen LogP) is 10.1. The number of hydrogen-bond acceptors (Lipinski definition) is 10. The van der Waals surface area contributed by atoms with Crippen LogP contribution in [0.1, 0.15) is 118 Å². The van der Waals surface area contributed by atoms with Gasteiger partial charge >= 0.3 is 0 Å². The van der Waals surface area contributed by atoms with Crippen molar-refractivity contribution in [2.75, 3.05) is 119 Å². The summed E-state index contributed by atoms with van der Waals surface area (Å²) in [5.41, 5.74) is 1.28. The molecule has 2 fully saturated rings. The van der Waals surface area contributed by atoms with Crippen molar-refractivity contribution in [2.24, 2.45) is 35.5 Å². The zero-order chi connectivity index (χ0) is 44.5. The number of nitrogens with one attached hydrogen (secondary N) is 2. The fourth-order valence-corrected chi connectivity index (χ4v) is 15.2. The number of unbranched alkanes of at least 4 members (excludes halogenated alkanes) is 3. The molecule has 11 heteroatoms. The Morgan fingerprint density at radius 1 is 0.567 bits per heavy atom. The molecule has 0 aromatic heterocycles. The zero-order valence-corrected chi connectivity index (χ0v) is 44.5.